The number of rotatable bonds is 15. The number of aryl methyl sites for hydroxylation is 2. The van der Waals surface area contributed by atoms with Crippen LogP contribution in [0.1, 0.15) is 60.2 Å². The maximum Gasteiger partial charge on any atom is 0.407 e. The van der Waals surface area contributed by atoms with Crippen LogP contribution in [-0.2, 0) is 35.2 Å². The Morgan fingerprint density at radius 2 is 1.72 bits per heavy atom. The lowest BCUT2D eigenvalue weighted by Gasteiger charge is -2.14. The number of benzene rings is 2. The zero-order valence-electron chi connectivity index (χ0n) is 24.3. The van der Waals surface area contributed by atoms with Crippen LogP contribution >= 0.6 is 11.3 Å². The molecule has 12 heteroatoms. The van der Waals surface area contributed by atoms with Gasteiger partial charge < -0.3 is 25.8 Å². The molecular formula is C31H37N7O4S. The molecule has 0 saturated heterocycles. The number of ether oxygens (including phenoxy) is 1. The molecule has 0 spiro atoms. The van der Waals surface area contributed by atoms with E-state index >= 15 is 0 Å². The normalized spacial score (nSPS) is 12.3. The summed E-state index contributed by atoms with van der Waals surface area (Å²) in [5, 5.41) is 37.0. The third-order valence-electron chi connectivity index (χ3n) is 6.48. The van der Waals surface area contributed by atoms with E-state index in [1.54, 1.807) is 13.0 Å². The monoisotopic (exact) mass is 603 g/mol. The van der Waals surface area contributed by atoms with Crippen molar-refractivity contribution in [3.8, 4) is 0 Å². The van der Waals surface area contributed by atoms with Gasteiger partial charge in [0.2, 0.25) is 11.0 Å². The van der Waals surface area contributed by atoms with Crippen LogP contribution in [-0.4, -0.2) is 50.3 Å². The quantitative estimate of drug-likeness (QED) is 0.110. The lowest BCUT2D eigenvalue weighted by molar-refractivity contribution is -0.115. The number of alkyl carbamates (subject to hydrolysis) is 1. The van der Waals surface area contributed by atoms with Crippen molar-refractivity contribution in [2.24, 2.45) is 0 Å². The SMILES string of the molecule is CCNC(=O)OC(C)c1cccc(CC(=O)Nc2ccc(CCCCc3nnc(NC(O)Cc4ccccc4)s3)nn2)c1. The fraction of sp³-hybridized carbons (Fsp3) is 0.355. The first-order valence-corrected chi connectivity index (χ1v) is 15.2. The third-order valence-corrected chi connectivity index (χ3v) is 7.39. The van der Waals surface area contributed by atoms with Gasteiger partial charge in [0.05, 0.1) is 12.1 Å². The Morgan fingerprint density at radius 1 is 0.930 bits per heavy atom. The molecule has 2 heterocycles. The standard InChI is InChI=1S/C31H37N7O4S/c1-3-32-31(41)42-21(2)24-13-9-12-23(18-24)20-27(39)33-26-17-16-25(35-36-26)14-7-8-15-29-37-38-30(43-29)34-28(40)19-22-10-5-4-6-11-22/h4-6,9-13,16-18,21,28,40H,3,7-8,14-15,19-20H2,1-2H3,(H,32,41)(H,34,38)(H,33,36,39). The van der Waals surface area contributed by atoms with Crippen molar-refractivity contribution in [1.82, 2.24) is 25.7 Å². The van der Waals surface area contributed by atoms with Gasteiger partial charge in [-0.05, 0) is 61.9 Å². The number of aromatic nitrogens is 4. The number of nitrogens with one attached hydrogen (secondary N) is 3. The van der Waals surface area contributed by atoms with Crippen LogP contribution < -0.4 is 16.0 Å². The molecule has 0 bridgehead atoms. The Balaban J connectivity index is 1.15. The van der Waals surface area contributed by atoms with Crippen LogP contribution in [0.15, 0.2) is 66.7 Å². The van der Waals surface area contributed by atoms with Crippen LogP contribution in [0.25, 0.3) is 0 Å². The van der Waals surface area contributed by atoms with Gasteiger partial charge in [0.25, 0.3) is 0 Å². The topological polar surface area (TPSA) is 151 Å². The predicted octanol–water partition coefficient (Wildman–Crippen LogP) is 4.85. The summed E-state index contributed by atoms with van der Waals surface area (Å²) in [6.45, 7) is 4.10. The van der Waals surface area contributed by atoms with Crippen LogP contribution in [0.3, 0.4) is 0 Å². The molecule has 0 aliphatic heterocycles. The first-order valence-electron chi connectivity index (χ1n) is 14.3. The second-order valence-corrected chi connectivity index (χ2v) is 11.1. The molecule has 0 radical (unpaired) electrons. The summed E-state index contributed by atoms with van der Waals surface area (Å²) >= 11 is 1.45. The minimum atomic E-state index is -0.726. The van der Waals surface area contributed by atoms with Gasteiger partial charge in [-0.3, -0.25) is 4.79 Å². The van der Waals surface area contributed by atoms with E-state index in [-0.39, 0.29) is 12.3 Å². The maximum atomic E-state index is 12.6. The van der Waals surface area contributed by atoms with E-state index in [0.29, 0.717) is 23.9 Å². The molecule has 4 aromatic rings. The second kappa shape index (κ2) is 16.3. The van der Waals surface area contributed by atoms with E-state index in [2.05, 4.69) is 36.3 Å². The highest BCUT2D eigenvalue weighted by molar-refractivity contribution is 7.15. The molecular weight excluding hydrogens is 566 g/mol. The van der Waals surface area contributed by atoms with Crippen molar-refractivity contribution in [2.45, 2.75) is 64.7 Å². The number of hydrogen-bond acceptors (Lipinski definition) is 10. The van der Waals surface area contributed by atoms with Crippen molar-refractivity contribution in [3.05, 3.63) is 94.1 Å². The third kappa shape index (κ3) is 10.7. The number of anilines is 2. The molecule has 226 valence electrons. The van der Waals surface area contributed by atoms with Crippen molar-refractivity contribution in [1.29, 1.82) is 0 Å². The molecule has 0 aliphatic carbocycles. The molecule has 0 saturated carbocycles. The number of nitrogens with zero attached hydrogens (tertiary/aromatic N) is 4. The summed E-state index contributed by atoms with van der Waals surface area (Å²) in [4.78, 5) is 24.3. The smallest absolute Gasteiger partial charge is 0.407 e. The van der Waals surface area contributed by atoms with Gasteiger partial charge in [0.15, 0.2) is 5.82 Å². The molecule has 0 aliphatic rings. The molecule has 2 aromatic carbocycles. The van der Waals surface area contributed by atoms with Crippen molar-refractivity contribution >= 4 is 34.3 Å². The highest BCUT2D eigenvalue weighted by Crippen LogP contribution is 2.20. The summed E-state index contributed by atoms with van der Waals surface area (Å²) in [5.74, 6) is 0.177. The van der Waals surface area contributed by atoms with Crippen LogP contribution in [0.2, 0.25) is 0 Å². The summed E-state index contributed by atoms with van der Waals surface area (Å²) < 4.78 is 5.35. The molecule has 4 N–H and O–H groups in total. The highest BCUT2D eigenvalue weighted by atomic mass is 32.1. The fourth-order valence-corrected chi connectivity index (χ4v) is 5.16. The minimum absolute atomic E-state index is 0.153. The van der Waals surface area contributed by atoms with E-state index in [0.717, 1.165) is 53.1 Å². The fourth-order valence-electron chi connectivity index (χ4n) is 4.33. The molecule has 2 amide bonds. The van der Waals surface area contributed by atoms with Gasteiger partial charge in [-0.1, -0.05) is 65.9 Å². The van der Waals surface area contributed by atoms with Gasteiger partial charge in [0.1, 0.15) is 17.3 Å². The number of carbonyl (C=O) groups is 2. The lowest BCUT2D eigenvalue weighted by atomic mass is 10.0. The van der Waals surface area contributed by atoms with E-state index < -0.39 is 18.4 Å². The number of carbonyl (C=O) groups excluding carboxylic acids is 2. The average molecular weight is 604 g/mol. The Bertz CT molecular complexity index is 1450. The number of amides is 2. The zero-order valence-corrected chi connectivity index (χ0v) is 25.1. The molecule has 11 nitrogen and oxygen atoms in total. The van der Waals surface area contributed by atoms with Crippen LogP contribution in [0.5, 0.6) is 0 Å². The zero-order chi connectivity index (χ0) is 30.4. The lowest BCUT2D eigenvalue weighted by Crippen LogP contribution is -2.24. The van der Waals surface area contributed by atoms with E-state index in [1.165, 1.54) is 11.3 Å². The highest BCUT2D eigenvalue weighted by Gasteiger charge is 2.13. The van der Waals surface area contributed by atoms with Gasteiger partial charge >= 0.3 is 6.09 Å². The number of unbranched alkanes of at least 4 members (excludes halogenated alkanes) is 1. The molecule has 2 aromatic heterocycles. The summed E-state index contributed by atoms with van der Waals surface area (Å²) in [6.07, 6.45) is 2.35. The molecule has 43 heavy (non-hydrogen) atoms. The first-order chi connectivity index (χ1) is 20.9. The Labute approximate surface area is 255 Å². The molecule has 4 rings (SSSR count). The Hall–Kier alpha value is -4.42. The number of aliphatic hydroxyl groups excluding tert-OH is 1. The summed E-state index contributed by atoms with van der Waals surface area (Å²) in [6, 6.07) is 20.8. The molecule has 2 unspecified atom stereocenters. The number of aliphatic hydroxyl groups is 1. The van der Waals surface area contributed by atoms with E-state index in [9.17, 15) is 14.7 Å². The summed E-state index contributed by atoms with van der Waals surface area (Å²) in [7, 11) is 0. The minimum Gasteiger partial charge on any atom is -0.442 e. The van der Waals surface area contributed by atoms with E-state index in [4.69, 9.17) is 4.74 Å². The van der Waals surface area contributed by atoms with Crippen molar-refractivity contribution in [2.75, 3.05) is 17.2 Å². The molecule has 0 fully saturated rings. The Morgan fingerprint density at radius 3 is 2.49 bits per heavy atom. The van der Waals surface area contributed by atoms with Gasteiger partial charge in [0, 0.05) is 19.4 Å². The average Bonchev–Trinajstić information content (AvgIpc) is 3.43. The van der Waals surface area contributed by atoms with Crippen molar-refractivity contribution in [3.63, 3.8) is 0 Å². The predicted molar refractivity (Wildman–Crippen MR) is 166 cm³/mol. The van der Waals surface area contributed by atoms with Gasteiger partial charge in [-0.2, -0.15) is 5.10 Å². The summed E-state index contributed by atoms with van der Waals surface area (Å²) in [5.41, 5.74) is 3.49. The maximum absolute atomic E-state index is 12.6. The first kappa shape index (κ1) is 31.5. The van der Waals surface area contributed by atoms with Crippen molar-refractivity contribution < 1.29 is 19.4 Å². The van der Waals surface area contributed by atoms with Gasteiger partial charge in [-0.15, -0.1) is 15.3 Å². The number of hydrogen-bond donors (Lipinski definition) is 4. The van der Waals surface area contributed by atoms with Crippen LogP contribution in [0.4, 0.5) is 15.7 Å². The Kier molecular flexibility index (Phi) is 11.9. The van der Waals surface area contributed by atoms with Gasteiger partial charge in [-0.25, -0.2) is 4.79 Å². The largest absolute Gasteiger partial charge is 0.442 e. The van der Waals surface area contributed by atoms with Crippen LogP contribution in [0, 0.1) is 0 Å². The molecule has 2 atom stereocenters. The second-order valence-electron chi connectivity index (χ2n) is 10.0. The van der Waals surface area contributed by atoms with E-state index in [1.807, 2.05) is 67.6 Å².